The first-order chi connectivity index (χ1) is 6.77. The van der Waals surface area contributed by atoms with E-state index in [1.54, 1.807) is 6.08 Å². The zero-order valence-electron chi connectivity index (χ0n) is 8.23. The largest absolute Gasteiger partial charge is 0.392 e. The molecule has 2 nitrogen and oxygen atoms in total. The van der Waals surface area contributed by atoms with Crippen molar-refractivity contribution in [1.29, 1.82) is 0 Å². The van der Waals surface area contributed by atoms with Gasteiger partial charge in [0.25, 0.3) is 0 Å². The molecule has 14 heavy (non-hydrogen) atoms. The van der Waals surface area contributed by atoms with Gasteiger partial charge < -0.3 is 9.90 Å². The summed E-state index contributed by atoms with van der Waals surface area (Å²) in [4.78, 5) is 10.1. The van der Waals surface area contributed by atoms with Crippen molar-refractivity contribution in [3.8, 4) is 0 Å². The predicted octanol–water partition coefficient (Wildman–Crippen LogP) is 2.09. The summed E-state index contributed by atoms with van der Waals surface area (Å²) >= 11 is 0. The van der Waals surface area contributed by atoms with E-state index in [2.05, 4.69) is 0 Å². The van der Waals surface area contributed by atoms with Crippen molar-refractivity contribution in [3.05, 3.63) is 41.0 Å². The van der Waals surface area contributed by atoms with Gasteiger partial charge in [-0.15, -0.1) is 0 Å². The van der Waals surface area contributed by atoms with Gasteiger partial charge in [-0.3, -0.25) is 0 Å². The van der Waals surface area contributed by atoms with Crippen molar-refractivity contribution in [1.82, 2.24) is 0 Å². The Labute approximate surface area is 83.9 Å². The molecule has 0 spiro atoms. The van der Waals surface area contributed by atoms with E-state index in [0.717, 1.165) is 23.0 Å². The maximum absolute atomic E-state index is 10.1. The van der Waals surface area contributed by atoms with Gasteiger partial charge in [0.05, 0.1) is 6.61 Å². The number of hydrogen-bond donors (Lipinski definition) is 1. The Balaban J connectivity index is 2.83. The molecule has 74 valence electrons. The minimum atomic E-state index is 0.0567. The summed E-state index contributed by atoms with van der Waals surface area (Å²) in [6.45, 7) is 2.02. The van der Waals surface area contributed by atoms with E-state index in [-0.39, 0.29) is 6.61 Å². The highest BCUT2D eigenvalue weighted by atomic mass is 16.3. The molecular formula is C12H14O2. The predicted molar refractivity (Wildman–Crippen MR) is 56.8 cm³/mol. The zero-order valence-corrected chi connectivity index (χ0v) is 8.23. The third-order valence-corrected chi connectivity index (χ3v) is 2.09. The quantitative estimate of drug-likeness (QED) is 0.738. The highest BCUT2D eigenvalue weighted by Gasteiger charge is 1.96. The number of aldehydes is 1. The molecule has 0 saturated carbocycles. The Morgan fingerprint density at radius 2 is 2.21 bits per heavy atom. The van der Waals surface area contributed by atoms with Crippen LogP contribution in [0.15, 0.2) is 24.3 Å². The third kappa shape index (κ3) is 2.82. The van der Waals surface area contributed by atoms with Gasteiger partial charge in [-0.1, -0.05) is 24.3 Å². The molecule has 0 unspecified atom stereocenters. The van der Waals surface area contributed by atoms with Crippen molar-refractivity contribution in [2.24, 2.45) is 0 Å². The van der Waals surface area contributed by atoms with E-state index in [1.165, 1.54) is 0 Å². The summed E-state index contributed by atoms with van der Waals surface area (Å²) in [6.07, 6.45) is 4.98. The monoisotopic (exact) mass is 190 g/mol. The molecule has 1 rings (SSSR count). The standard InChI is InChI=1S/C12H14O2/c1-10-5-6-11(4-2-3-7-13)8-12(10)9-14/h2,4-8,14H,3,9H2,1H3. The lowest BCUT2D eigenvalue weighted by Gasteiger charge is -2.02. The average Bonchev–Trinajstić information content (AvgIpc) is 2.21. The van der Waals surface area contributed by atoms with Gasteiger partial charge in [-0.2, -0.15) is 0 Å². The topological polar surface area (TPSA) is 37.3 Å². The first kappa shape index (κ1) is 10.7. The molecule has 0 aliphatic heterocycles. The molecule has 0 amide bonds. The lowest BCUT2D eigenvalue weighted by Crippen LogP contribution is -1.88. The maximum Gasteiger partial charge on any atom is 0.123 e. The lowest BCUT2D eigenvalue weighted by atomic mass is 10.1. The Bertz CT molecular complexity index is 340. The van der Waals surface area contributed by atoms with Gasteiger partial charge in [-0.05, 0) is 29.7 Å². The van der Waals surface area contributed by atoms with Crippen LogP contribution in [0.2, 0.25) is 0 Å². The molecule has 2 heteroatoms. The van der Waals surface area contributed by atoms with E-state index >= 15 is 0 Å². The van der Waals surface area contributed by atoms with E-state index < -0.39 is 0 Å². The van der Waals surface area contributed by atoms with Crippen LogP contribution in [0.25, 0.3) is 6.08 Å². The molecule has 1 aromatic rings. The van der Waals surface area contributed by atoms with Crippen LogP contribution < -0.4 is 0 Å². The second kappa shape index (κ2) is 5.35. The van der Waals surface area contributed by atoms with Crippen LogP contribution >= 0.6 is 0 Å². The molecule has 0 bridgehead atoms. The molecule has 0 heterocycles. The lowest BCUT2D eigenvalue weighted by molar-refractivity contribution is -0.107. The molecule has 0 aliphatic rings. The minimum absolute atomic E-state index is 0.0567. The van der Waals surface area contributed by atoms with Gasteiger partial charge >= 0.3 is 0 Å². The van der Waals surface area contributed by atoms with E-state index in [9.17, 15) is 4.79 Å². The fraction of sp³-hybridized carbons (Fsp3) is 0.250. The summed E-state index contributed by atoms with van der Waals surface area (Å²) < 4.78 is 0. The second-order valence-electron chi connectivity index (χ2n) is 3.15. The maximum atomic E-state index is 10.1. The molecule has 1 N–H and O–H groups in total. The van der Waals surface area contributed by atoms with Crippen LogP contribution in [-0.2, 0) is 11.4 Å². The summed E-state index contributed by atoms with van der Waals surface area (Å²) in [7, 11) is 0. The normalized spacial score (nSPS) is 10.7. The summed E-state index contributed by atoms with van der Waals surface area (Å²) in [5.74, 6) is 0. The summed E-state index contributed by atoms with van der Waals surface area (Å²) in [6, 6.07) is 5.86. The van der Waals surface area contributed by atoms with Crippen molar-refractivity contribution in [2.75, 3.05) is 0 Å². The van der Waals surface area contributed by atoms with E-state index in [0.29, 0.717) is 6.42 Å². The highest BCUT2D eigenvalue weighted by molar-refractivity contribution is 5.58. The zero-order chi connectivity index (χ0) is 10.4. The number of rotatable bonds is 4. The smallest absolute Gasteiger partial charge is 0.123 e. The van der Waals surface area contributed by atoms with Crippen LogP contribution in [0.5, 0.6) is 0 Å². The number of aryl methyl sites for hydroxylation is 1. The van der Waals surface area contributed by atoms with E-state index in [1.807, 2.05) is 31.2 Å². The first-order valence-electron chi connectivity index (χ1n) is 4.58. The van der Waals surface area contributed by atoms with Gasteiger partial charge in [-0.25, -0.2) is 0 Å². The van der Waals surface area contributed by atoms with Crippen molar-refractivity contribution in [2.45, 2.75) is 20.0 Å². The molecule has 0 fully saturated rings. The molecule has 0 atom stereocenters. The number of carbonyl (C=O) groups is 1. The van der Waals surface area contributed by atoms with Crippen molar-refractivity contribution < 1.29 is 9.90 Å². The van der Waals surface area contributed by atoms with Gasteiger partial charge in [0, 0.05) is 6.42 Å². The molecule has 0 aliphatic carbocycles. The van der Waals surface area contributed by atoms with Crippen LogP contribution in [-0.4, -0.2) is 11.4 Å². The number of aliphatic hydroxyl groups excluding tert-OH is 1. The van der Waals surface area contributed by atoms with Crippen molar-refractivity contribution in [3.63, 3.8) is 0 Å². The Hall–Kier alpha value is -1.41. The molecule has 1 aromatic carbocycles. The number of benzene rings is 1. The number of carbonyl (C=O) groups excluding carboxylic acids is 1. The third-order valence-electron chi connectivity index (χ3n) is 2.09. The molecular weight excluding hydrogens is 176 g/mol. The molecule has 0 aromatic heterocycles. The SMILES string of the molecule is Cc1ccc(C=CCC=O)cc1CO. The number of allylic oxidation sites excluding steroid dienone is 1. The minimum Gasteiger partial charge on any atom is -0.392 e. The number of hydrogen-bond acceptors (Lipinski definition) is 2. The summed E-state index contributed by atoms with van der Waals surface area (Å²) in [5, 5.41) is 9.03. The highest BCUT2D eigenvalue weighted by Crippen LogP contribution is 2.12. The van der Waals surface area contributed by atoms with Gasteiger partial charge in [0.15, 0.2) is 0 Å². The van der Waals surface area contributed by atoms with Crippen LogP contribution in [0.4, 0.5) is 0 Å². The average molecular weight is 190 g/mol. The van der Waals surface area contributed by atoms with E-state index in [4.69, 9.17) is 5.11 Å². The molecule has 0 saturated heterocycles. The molecule has 0 radical (unpaired) electrons. The van der Waals surface area contributed by atoms with Gasteiger partial charge in [0.2, 0.25) is 0 Å². The Morgan fingerprint density at radius 3 is 2.86 bits per heavy atom. The number of aliphatic hydroxyl groups is 1. The van der Waals surface area contributed by atoms with Crippen molar-refractivity contribution >= 4 is 12.4 Å². The fourth-order valence-corrected chi connectivity index (χ4v) is 1.23. The Kier molecular flexibility index (Phi) is 4.08. The Morgan fingerprint density at radius 1 is 1.43 bits per heavy atom. The fourth-order valence-electron chi connectivity index (χ4n) is 1.23. The van der Waals surface area contributed by atoms with Crippen LogP contribution in [0.1, 0.15) is 23.1 Å². The van der Waals surface area contributed by atoms with Gasteiger partial charge in [0.1, 0.15) is 6.29 Å². The van der Waals surface area contributed by atoms with Crippen LogP contribution in [0.3, 0.4) is 0 Å². The first-order valence-corrected chi connectivity index (χ1v) is 4.58. The summed E-state index contributed by atoms with van der Waals surface area (Å²) in [5.41, 5.74) is 3.03. The van der Waals surface area contributed by atoms with Crippen LogP contribution in [0, 0.1) is 6.92 Å². The second-order valence-corrected chi connectivity index (χ2v) is 3.15.